The van der Waals surface area contributed by atoms with E-state index in [2.05, 4.69) is 5.32 Å². The van der Waals surface area contributed by atoms with Gasteiger partial charge in [0.1, 0.15) is 24.2 Å². The second-order valence-electron chi connectivity index (χ2n) is 8.76. The summed E-state index contributed by atoms with van der Waals surface area (Å²) in [4.78, 5) is 27.9. The number of rotatable bonds is 12. The van der Waals surface area contributed by atoms with Crippen LogP contribution in [-0.4, -0.2) is 51.4 Å². The number of hydrogen-bond donors (Lipinski definition) is 1. The first kappa shape index (κ1) is 29.9. The third-order valence-electron chi connectivity index (χ3n) is 6.03. The third-order valence-corrected chi connectivity index (χ3v) is 8.11. The summed E-state index contributed by atoms with van der Waals surface area (Å²) >= 11 is 5.97. The minimum absolute atomic E-state index is 0.00564. The lowest BCUT2D eigenvalue weighted by Gasteiger charge is -2.32. The Kier molecular flexibility index (Phi) is 10.3. The van der Waals surface area contributed by atoms with Gasteiger partial charge in [-0.2, -0.15) is 0 Å². The number of carbonyl (C=O) groups is 2. The minimum Gasteiger partial charge on any atom is -0.497 e. The Hall–Kier alpha value is -3.63. The summed E-state index contributed by atoms with van der Waals surface area (Å²) in [6.07, 6.45) is 0.708. The van der Waals surface area contributed by atoms with E-state index in [1.807, 2.05) is 6.92 Å². The fraction of sp³-hybridized carbons (Fsp3) is 0.286. The maximum atomic E-state index is 13.9. The molecule has 0 bridgehead atoms. The van der Waals surface area contributed by atoms with Gasteiger partial charge in [0.15, 0.2) is 0 Å². The highest BCUT2D eigenvalue weighted by Gasteiger charge is 2.32. The lowest BCUT2D eigenvalue weighted by molar-refractivity contribution is -0.139. The van der Waals surface area contributed by atoms with E-state index in [0.29, 0.717) is 24.3 Å². The number of nitrogens with zero attached hydrogens (tertiary/aromatic N) is 2. The number of sulfonamides is 1. The number of nitrogens with one attached hydrogen (secondary N) is 1. The van der Waals surface area contributed by atoms with Crippen molar-refractivity contribution < 1.29 is 27.1 Å². The van der Waals surface area contributed by atoms with Gasteiger partial charge in [-0.15, -0.1) is 0 Å². The molecule has 3 aromatic rings. The molecule has 0 heterocycles. The number of anilines is 1. The molecule has 1 N–H and O–H groups in total. The van der Waals surface area contributed by atoms with Crippen molar-refractivity contribution in [2.75, 3.05) is 24.5 Å². The molecule has 208 valence electrons. The van der Waals surface area contributed by atoms with Crippen LogP contribution >= 0.6 is 11.6 Å². The molecule has 0 fully saturated rings. The summed E-state index contributed by atoms with van der Waals surface area (Å²) < 4.78 is 47.4. The van der Waals surface area contributed by atoms with Gasteiger partial charge in [-0.3, -0.25) is 13.9 Å². The van der Waals surface area contributed by atoms with E-state index in [1.165, 1.54) is 30.2 Å². The van der Waals surface area contributed by atoms with Gasteiger partial charge in [0.05, 0.1) is 22.7 Å². The second-order valence-corrected chi connectivity index (χ2v) is 11.0. The highest BCUT2D eigenvalue weighted by Crippen LogP contribution is 2.28. The molecular formula is C28H31ClFN3O5S. The fourth-order valence-corrected chi connectivity index (χ4v) is 5.40. The normalized spacial score (nSPS) is 11.9. The van der Waals surface area contributed by atoms with Crippen LogP contribution in [0.1, 0.15) is 25.8 Å². The first-order valence-corrected chi connectivity index (χ1v) is 14.1. The molecular weight excluding hydrogens is 545 g/mol. The lowest BCUT2D eigenvalue weighted by atomic mass is 10.1. The number of halogens is 2. The highest BCUT2D eigenvalue weighted by molar-refractivity contribution is 7.92. The van der Waals surface area contributed by atoms with Crippen LogP contribution < -0.4 is 14.4 Å². The van der Waals surface area contributed by atoms with Gasteiger partial charge >= 0.3 is 0 Å². The van der Waals surface area contributed by atoms with Crippen LogP contribution in [0.15, 0.2) is 77.7 Å². The number of amides is 2. The lowest BCUT2D eigenvalue weighted by Crippen LogP contribution is -2.51. The van der Waals surface area contributed by atoms with E-state index >= 15 is 0 Å². The zero-order valence-corrected chi connectivity index (χ0v) is 23.5. The predicted molar refractivity (Wildman–Crippen MR) is 149 cm³/mol. The molecule has 0 unspecified atom stereocenters. The van der Waals surface area contributed by atoms with Gasteiger partial charge < -0.3 is 15.0 Å². The number of ether oxygens (including phenoxy) is 1. The predicted octanol–water partition coefficient (Wildman–Crippen LogP) is 4.63. The Morgan fingerprint density at radius 2 is 1.72 bits per heavy atom. The van der Waals surface area contributed by atoms with Crippen LogP contribution in [0.3, 0.4) is 0 Å². The standard InChI is InChI=1S/C28H31ClFN3O5S/c1-4-16-31-28(35)20(2)32(18-21-10-13-23(38-3)14-11-21)27(34)19-33(22-12-15-26(30)25(29)17-22)39(36,37)24-8-6-5-7-9-24/h5-15,17,20H,4,16,18-19H2,1-3H3,(H,31,35)/t20-/m0/s1. The number of carbonyl (C=O) groups excluding carboxylic acids is 2. The first-order valence-electron chi connectivity index (χ1n) is 12.3. The van der Waals surface area contributed by atoms with E-state index in [-0.39, 0.29) is 28.1 Å². The zero-order chi connectivity index (χ0) is 28.6. The van der Waals surface area contributed by atoms with E-state index in [9.17, 15) is 22.4 Å². The van der Waals surface area contributed by atoms with Crippen molar-refractivity contribution in [1.29, 1.82) is 0 Å². The Morgan fingerprint density at radius 3 is 2.31 bits per heavy atom. The number of benzene rings is 3. The molecule has 0 saturated heterocycles. The van der Waals surface area contributed by atoms with E-state index in [1.54, 1.807) is 49.4 Å². The molecule has 8 nitrogen and oxygen atoms in total. The number of methoxy groups -OCH3 is 1. The van der Waals surface area contributed by atoms with E-state index < -0.39 is 34.3 Å². The van der Waals surface area contributed by atoms with Crippen LogP contribution in [-0.2, 0) is 26.2 Å². The van der Waals surface area contributed by atoms with Gasteiger partial charge in [0.2, 0.25) is 11.8 Å². The van der Waals surface area contributed by atoms with Crippen molar-refractivity contribution in [3.8, 4) is 5.75 Å². The van der Waals surface area contributed by atoms with Crippen molar-refractivity contribution in [1.82, 2.24) is 10.2 Å². The molecule has 0 radical (unpaired) electrons. The second kappa shape index (κ2) is 13.4. The maximum Gasteiger partial charge on any atom is 0.264 e. The Bertz CT molecular complexity index is 1390. The molecule has 0 aliphatic carbocycles. The van der Waals surface area contributed by atoms with Gasteiger partial charge in [0.25, 0.3) is 10.0 Å². The molecule has 0 saturated carbocycles. The third kappa shape index (κ3) is 7.48. The van der Waals surface area contributed by atoms with Crippen LogP contribution in [0.4, 0.5) is 10.1 Å². The summed E-state index contributed by atoms with van der Waals surface area (Å²) in [6, 6.07) is 17.0. The Morgan fingerprint density at radius 1 is 1.05 bits per heavy atom. The SMILES string of the molecule is CCCNC(=O)[C@H](C)N(Cc1ccc(OC)cc1)C(=O)CN(c1ccc(F)c(Cl)c1)S(=O)(=O)c1ccccc1. The van der Waals surface area contributed by atoms with Crippen molar-refractivity contribution in [2.45, 2.75) is 37.8 Å². The number of hydrogen-bond acceptors (Lipinski definition) is 5. The molecule has 2 amide bonds. The average molecular weight is 576 g/mol. The van der Waals surface area contributed by atoms with Crippen molar-refractivity contribution >= 4 is 39.1 Å². The van der Waals surface area contributed by atoms with Crippen LogP contribution in [0, 0.1) is 5.82 Å². The molecule has 0 aliphatic rings. The van der Waals surface area contributed by atoms with Crippen molar-refractivity contribution in [2.24, 2.45) is 0 Å². The zero-order valence-electron chi connectivity index (χ0n) is 21.9. The summed E-state index contributed by atoms with van der Waals surface area (Å²) in [7, 11) is -2.73. The van der Waals surface area contributed by atoms with Gasteiger partial charge in [0, 0.05) is 13.1 Å². The summed E-state index contributed by atoms with van der Waals surface area (Å²) in [5.41, 5.74) is 0.715. The topological polar surface area (TPSA) is 96.0 Å². The highest BCUT2D eigenvalue weighted by atomic mass is 35.5. The van der Waals surface area contributed by atoms with Gasteiger partial charge in [-0.05, 0) is 61.4 Å². The summed E-state index contributed by atoms with van der Waals surface area (Å²) in [5, 5.41) is 2.49. The molecule has 1 atom stereocenters. The Balaban J connectivity index is 2.02. The minimum atomic E-state index is -4.27. The fourth-order valence-electron chi connectivity index (χ4n) is 3.79. The molecule has 39 heavy (non-hydrogen) atoms. The maximum absolute atomic E-state index is 13.9. The largest absolute Gasteiger partial charge is 0.497 e. The molecule has 0 aromatic heterocycles. The average Bonchev–Trinajstić information content (AvgIpc) is 2.95. The molecule has 0 spiro atoms. The molecule has 3 aromatic carbocycles. The van der Waals surface area contributed by atoms with Crippen LogP contribution in [0.25, 0.3) is 0 Å². The van der Waals surface area contributed by atoms with Crippen LogP contribution in [0.5, 0.6) is 5.75 Å². The van der Waals surface area contributed by atoms with Crippen LogP contribution in [0.2, 0.25) is 5.02 Å². The summed E-state index contributed by atoms with van der Waals surface area (Å²) in [5.74, 6) is -1.12. The van der Waals surface area contributed by atoms with Gasteiger partial charge in [-0.1, -0.05) is 48.9 Å². The summed E-state index contributed by atoms with van der Waals surface area (Å²) in [6.45, 7) is 3.30. The van der Waals surface area contributed by atoms with E-state index in [0.717, 1.165) is 16.4 Å². The van der Waals surface area contributed by atoms with E-state index in [4.69, 9.17) is 16.3 Å². The molecule has 3 rings (SSSR count). The smallest absolute Gasteiger partial charge is 0.264 e. The Labute approximate surface area is 233 Å². The van der Waals surface area contributed by atoms with Crippen molar-refractivity contribution in [3.63, 3.8) is 0 Å². The van der Waals surface area contributed by atoms with Gasteiger partial charge in [-0.25, -0.2) is 12.8 Å². The quantitative estimate of drug-likeness (QED) is 0.340. The van der Waals surface area contributed by atoms with Crippen molar-refractivity contribution in [3.05, 3.63) is 89.2 Å². The molecule has 0 aliphatic heterocycles. The first-order chi connectivity index (χ1) is 18.6. The molecule has 11 heteroatoms. The monoisotopic (exact) mass is 575 g/mol.